The molecule has 0 heterocycles. The number of esters is 1. The van der Waals surface area contributed by atoms with Gasteiger partial charge in [0, 0.05) is 5.69 Å². The number of hydrogen-bond donors (Lipinski definition) is 1. The van der Waals surface area contributed by atoms with Gasteiger partial charge in [-0.15, -0.1) is 0 Å². The van der Waals surface area contributed by atoms with E-state index in [2.05, 4.69) is 5.32 Å². The minimum absolute atomic E-state index is 0.0834. The van der Waals surface area contributed by atoms with Crippen LogP contribution in [0.2, 0.25) is 0 Å². The van der Waals surface area contributed by atoms with E-state index in [4.69, 9.17) is 4.74 Å². The van der Waals surface area contributed by atoms with Crippen molar-refractivity contribution in [3.05, 3.63) is 90.0 Å². The number of aryl methyl sites for hydroxylation is 1. The Labute approximate surface area is 187 Å². The maximum atomic E-state index is 13.3. The molecule has 0 bridgehead atoms. The molecule has 0 unspecified atom stereocenters. The number of nitrogens with zero attached hydrogens (tertiary/aromatic N) is 1. The summed E-state index contributed by atoms with van der Waals surface area (Å²) in [5.41, 5.74) is 2.06. The van der Waals surface area contributed by atoms with Gasteiger partial charge in [-0.3, -0.25) is 9.10 Å². The normalized spacial score (nSPS) is 10.9. The second kappa shape index (κ2) is 10.1. The third kappa shape index (κ3) is 5.33. The summed E-state index contributed by atoms with van der Waals surface area (Å²) in [5.74, 6) is -1.09. The second-order valence-electron chi connectivity index (χ2n) is 6.97. The number of methoxy groups -OCH3 is 1. The van der Waals surface area contributed by atoms with Gasteiger partial charge in [-0.25, -0.2) is 13.2 Å². The maximum absolute atomic E-state index is 13.3. The van der Waals surface area contributed by atoms with Crippen LogP contribution in [0.1, 0.15) is 22.8 Å². The number of carbonyl (C=O) groups excluding carboxylic acids is 2. The fraction of sp³-hybridized carbons (Fsp3) is 0.167. The van der Waals surface area contributed by atoms with E-state index in [0.29, 0.717) is 11.4 Å². The van der Waals surface area contributed by atoms with Crippen LogP contribution in [0, 0.1) is 0 Å². The molecule has 0 saturated heterocycles. The molecule has 3 rings (SSSR count). The SMILES string of the molecule is CCc1ccc(N(CC(=O)Nc2cccc(C(=O)OC)c2)S(=O)(=O)c2ccccc2)cc1. The number of sulfonamides is 1. The lowest BCUT2D eigenvalue weighted by Crippen LogP contribution is -2.38. The minimum Gasteiger partial charge on any atom is -0.465 e. The van der Waals surface area contributed by atoms with E-state index < -0.39 is 28.4 Å². The van der Waals surface area contributed by atoms with E-state index in [1.54, 1.807) is 48.5 Å². The molecule has 0 spiro atoms. The lowest BCUT2D eigenvalue weighted by Gasteiger charge is -2.24. The molecule has 0 aliphatic carbocycles. The van der Waals surface area contributed by atoms with Gasteiger partial charge in [-0.05, 0) is 54.4 Å². The summed E-state index contributed by atoms with van der Waals surface area (Å²) in [4.78, 5) is 24.6. The molecule has 8 heteroatoms. The molecule has 0 atom stereocenters. The number of benzene rings is 3. The van der Waals surface area contributed by atoms with E-state index in [1.165, 1.54) is 25.3 Å². The molecule has 0 aromatic heterocycles. The van der Waals surface area contributed by atoms with Crippen LogP contribution in [0.4, 0.5) is 11.4 Å². The average Bonchev–Trinajstić information content (AvgIpc) is 2.82. The number of hydrogen-bond acceptors (Lipinski definition) is 5. The van der Waals surface area contributed by atoms with Gasteiger partial charge in [0.25, 0.3) is 10.0 Å². The summed E-state index contributed by atoms with van der Waals surface area (Å²) in [6.07, 6.45) is 0.808. The quantitative estimate of drug-likeness (QED) is 0.524. The molecule has 0 aliphatic heterocycles. The predicted octanol–water partition coefficient (Wildman–Crippen LogP) is 3.87. The third-order valence-corrected chi connectivity index (χ3v) is 6.61. The molecule has 3 aromatic carbocycles. The van der Waals surface area contributed by atoms with Crippen LogP contribution >= 0.6 is 0 Å². The van der Waals surface area contributed by atoms with E-state index in [0.717, 1.165) is 16.3 Å². The Morgan fingerprint density at radius 1 is 0.938 bits per heavy atom. The fourth-order valence-corrected chi connectivity index (χ4v) is 4.55. The summed E-state index contributed by atoms with van der Waals surface area (Å²) in [7, 11) is -2.72. The zero-order chi connectivity index (χ0) is 23.1. The van der Waals surface area contributed by atoms with Crippen molar-refractivity contribution in [3.63, 3.8) is 0 Å². The summed E-state index contributed by atoms with van der Waals surface area (Å²) in [6, 6.07) is 21.2. The zero-order valence-electron chi connectivity index (χ0n) is 17.8. The molecule has 0 aliphatic rings. The van der Waals surface area contributed by atoms with E-state index >= 15 is 0 Å². The van der Waals surface area contributed by atoms with Gasteiger partial charge >= 0.3 is 5.97 Å². The summed E-state index contributed by atoms with van der Waals surface area (Å²) in [6.45, 7) is 1.56. The Morgan fingerprint density at radius 2 is 1.62 bits per heavy atom. The molecule has 0 radical (unpaired) electrons. The third-order valence-electron chi connectivity index (χ3n) is 4.82. The van der Waals surface area contributed by atoms with E-state index in [9.17, 15) is 18.0 Å². The predicted molar refractivity (Wildman–Crippen MR) is 123 cm³/mol. The Kier molecular flexibility index (Phi) is 7.27. The van der Waals surface area contributed by atoms with Crippen LogP contribution in [0.15, 0.2) is 83.8 Å². The summed E-state index contributed by atoms with van der Waals surface area (Å²) < 4.78 is 32.4. The second-order valence-corrected chi connectivity index (χ2v) is 8.83. The first-order valence-corrected chi connectivity index (χ1v) is 11.4. The van der Waals surface area contributed by atoms with Crippen molar-refractivity contribution in [2.24, 2.45) is 0 Å². The Bertz CT molecular complexity index is 1190. The first-order valence-electron chi connectivity index (χ1n) is 10.00. The highest BCUT2D eigenvalue weighted by Crippen LogP contribution is 2.24. The zero-order valence-corrected chi connectivity index (χ0v) is 18.6. The number of ether oxygens (including phenoxy) is 1. The molecule has 1 N–H and O–H groups in total. The molecular weight excluding hydrogens is 428 g/mol. The van der Waals surface area contributed by atoms with Gasteiger partial charge in [-0.1, -0.05) is 43.3 Å². The molecule has 32 heavy (non-hydrogen) atoms. The van der Waals surface area contributed by atoms with E-state index in [1.807, 2.05) is 19.1 Å². The first-order chi connectivity index (χ1) is 15.3. The molecule has 0 fully saturated rings. The van der Waals surface area contributed by atoms with Gasteiger partial charge in [-0.2, -0.15) is 0 Å². The molecular formula is C24H24N2O5S. The van der Waals surface area contributed by atoms with Gasteiger partial charge in [0.2, 0.25) is 5.91 Å². The summed E-state index contributed by atoms with van der Waals surface area (Å²) >= 11 is 0. The molecule has 1 amide bonds. The van der Waals surface area contributed by atoms with E-state index in [-0.39, 0.29) is 10.5 Å². The largest absolute Gasteiger partial charge is 0.465 e. The van der Waals surface area contributed by atoms with Crippen molar-refractivity contribution in [3.8, 4) is 0 Å². The summed E-state index contributed by atoms with van der Waals surface area (Å²) in [5, 5.41) is 2.65. The highest BCUT2D eigenvalue weighted by Gasteiger charge is 2.27. The highest BCUT2D eigenvalue weighted by atomic mass is 32.2. The first kappa shape index (κ1) is 23.0. The standard InChI is InChI=1S/C24H24N2O5S/c1-3-18-12-14-21(15-13-18)26(32(29,30)22-10-5-4-6-11-22)17-23(27)25-20-9-7-8-19(16-20)24(28)31-2/h4-16H,3,17H2,1-2H3,(H,25,27). The number of nitrogens with one attached hydrogen (secondary N) is 1. The van der Waals surface area contributed by atoms with Crippen molar-refractivity contribution in [1.82, 2.24) is 0 Å². The van der Waals surface area contributed by atoms with Gasteiger partial charge in [0.05, 0.1) is 23.3 Å². The van der Waals surface area contributed by atoms with Crippen molar-refractivity contribution >= 4 is 33.3 Å². The fourth-order valence-electron chi connectivity index (χ4n) is 3.11. The molecule has 7 nitrogen and oxygen atoms in total. The Balaban J connectivity index is 1.90. The van der Waals surface area contributed by atoms with Crippen molar-refractivity contribution < 1.29 is 22.7 Å². The topological polar surface area (TPSA) is 92.8 Å². The van der Waals surface area contributed by atoms with Crippen LogP contribution in [0.25, 0.3) is 0 Å². The number of anilines is 2. The van der Waals surface area contributed by atoms with Crippen molar-refractivity contribution in [2.75, 3.05) is 23.3 Å². The van der Waals surface area contributed by atoms with Crippen molar-refractivity contribution in [2.45, 2.75) is 18.2 Å². The van der Waals surface area contributed by atoms with Crippen molar-refractivity contribution in [1.29, 1.82) is 0 Å². The monoisotopic (exact) mass is 452 g/mol. The van der Waals surface area contributed by atoms with Crippen LogP contribution in [0.5, 0.6) is 0 Å². The number of rotatable bonds is 8. The Morgan fingerprint density at radius 3 is 2.25 bits per heavy atom. The van der Waals surface area contributed by atoms with Crippen LogP contribution < -0.4 is 9.62 Å². The molecule has 0 saturated carbocycles. The van der Waals surface area contributed by atoms with Crippen LogP contribution in [0.3, 0.4) is 0 Å². The average molecular weight is 453 g/mol. The lowest BCUT2D eigenvalue weighted by molar-refractivity contribution is -0.114. The van der Waals surface area contributed by atoms with Crippen LogP contribution in [-0.2, 0) is 26.0 Å². The molecule has 3 aromatic rings. The van der Waals surface area contributed by atoms with Gasteiger partial charge in [0.15, 0.2) is 0 Å². The number of amides is 1. The van der Waals surface area contributed by atoms with Gasteiger partial charge in [0.1, 0.15) is 6.54 Å². The van der Waals surface area contributed by atoms with Gasteiger partial charge < -0.3 is 10.1 Å². The van der Waals surface area contributed by atoms with Crippen LogP contribution in [-0.4, -0.2) is 33.9 Å². The Hall–Kier alpha value is -3.65. The maximum Gasteiger partial charge on any atom is 0.337 e. The highest BCUT2D eigenvalue weighted by molar-refractivity contribution is 7.92. The number of carbonyl (C=O) groups is 2. The smallest absolute Gasteiger partial charge is 0.337 e. The lowest BCUT2D eigenvalue weighted by atomic mass is 10.1. The minimum atomic E-state index is -3.99. The molecule has 166 valence electrons.